The summed E-state index contributed by atoms with van der Waals surface area (Å²) in [5.74, 6) is 0.378. The Kier molecular flexibility index (Phi) is 8.57. The summed E-state index contributed by atoms with van der Waals surface area (Å²) in [4.78, 5) is 30.1. The first-order valence-electron chi connectivity index (χ1n) is 17.7. The SMILES string of the molecule is CCc1ccc2c(c1)C(=O)C1=C(O[Si](C)(c3ccccc3)c3ccccc3)c3ccccc3C(=O)C1=C2O[Si](C)(c1ccccc1)c1ccccc1. The number of aryl methyl sites for hydroxylation is 1. The summed E-state index contributed by atoms with van der Waals surface area (Å²) in [7, 11) is -6.09. The first-order valence-corrected chi connectivity index (χ1v) is 22.6. The highest BCUT2D eigenvalue weighted by atomic mass is 28.4. The maximum Gasteiger partial charge on any atom is 0.311 e. The summed E-state index contributed by atoms with van der Waals surface area (Å²) in [5.41, 5.74) is 3.80. The van der Waals surface area contributed by atoms with E-state index in [4.69, 9.17) is 8.85 Å². The van der Waals surface area contributed by atoms with Gasteiger partial charge in [-0.2, -0.15) is 0 Å². The van der Waals surface area contributed by atoms with Gasteiger partial charge in [-0.25, -0.2) is 0 Å². The molecule has 6 aromatic rings. The Bertz CT molecular complexity index is 2300. The smallest absolute Gasteiger partial charge is 0.311 e. The van der Waals surface area contributed by atoms with Crippen molar-refractivity contribution in [2.45, 2.75) is 26.4 Å². The van der Waals surface area contributed by atoms with Crippen LogP contribution in [0.4, 0.5) is 0 Å². The lowest BCUT2D eigenvalue weighted by atomic mass is 9.76. The number of rotatable bonds is 9. The number of benzene rings is 6. The van der Waals surface area contributed by atoms with E-state index in [0.717, 1.165) is 32.7 Å². The van der Waals surface area contributed by atoms with Crippen molar-refractivity contribution < 1.29 is 18.4 Å². The zero-order valence-corrected chi connectivity index (χ0v) is 31.4. The molecular weight excluding hydrogens is 673 g/mol. The molecule has 4 nitrogen and oxygen atoms in total. The van der Waals surface area contributed by atoms with Crippen molar-refractivity contribution in [2.75, 3.05) is 0 Å². The van der Waals surface area contributed by atoms with Crippen LogP contribution in [0.3, 0.4) is 0 Å². The predicted molar refractivity (Wildman–Crippen MR) is 214 cm³/mol. The van der Waals surface area contributed by atoms with Gasteiger partial charge in [0.1, 0.15) is 11.5 Å². The van der Waals surface area contributed by atoms with Crippen molar-refractivity contribution in [1.82, 2.24) is 0 Å². The summed E-state index contributed by atoms with van der Waals surface area (Å²) in [6.45, 7) is 6.41. The zero-order valence-electron chi connectivity index (χ0n) is 29.4. The van der Waals surface area contributed by atoms with Crippen molar-refractivity contribution in [1.29, 1.82) is 0 Å². The first-order chi connectivity index (χ1) is 25.3. The largest absolute Gasteiger partial charge is 0.534 e. The Balaban J connectivity index is 1.45. The lowest BCUT2D eigenvalue weighted by Gasteiger charge is -2.38. The topological polar surface area (TPSA) is 52.6 Å². The monoisotopic (exact) mass is 710 g/mol. The first kappa shape index (κ1) is 33.3. The molecule has 254 valence electrons. The maximum absolute atomic E-state index is 15.1. The van der Waals surface area contributed by atoms with Gasteiger partial charge in [0.25, 0.3) is 0 Å². The highest BCUT2D eigenvalue weighted by molar-refractivity contribution is 6.97. The minimum Gasteiger partial charge on any atom is -0.534 e. The fourth-order valence-corrected chi connectivity index (χ4v) is 13.2. The van der Waals surface area contributed by atoms with Gasteiger partial charge in [0.15, 0.2) is 11.6 Å². The summed E-state index contributed by atoms with van der Waals surface area (Å²) in [5, 5.41) is 4.21. The normalized spacial score (nSPS) is 14.1. The molecule has 2 aliphatic rings. The fraction of sp³-hybridized carbons (Fsp3) is 0.0870. The van der Waals surface area contributed by atoms with Crippen LogP contribution >= 0.6 is 0 Å². The highest BCUT2D eigenvalue weighted by Crippen LogP contribution is 2.46. The molecule has 0 spiro atoms. The summed E-state index contributed by atoms with van der Waals surface area (Å²) >= 11 is 0. The molecule has 6 aromatic carbocycles. The zero-order chi connectivity index (χ0) is 35.9. The van der Waals surface area contributed by atoms with Crippen LogP contribution < -0.4 is 20.7 Å². The molecule has 0 aromatic heterocycles. The van der Waals surface area contributed by atoms with Gasteiger partial charge in [-0.1, -0.05) is 165 Å². The molecule has 0 heterocycles. The van der Waals surface area contributed by atoms with Gasteiger partial charge in [0.05, 0.1) is 11.1 Å². The third-order valence-electron chi connectivity index (χ3n) is 10.5. The average molecular weight is 711 g/mol. The Hall–Kier alpha value is -5.83. The van der Waals surface area contributed by atoms with Gasteiger partial charge in [-0.15, -0.1) is 0 Å². The van der Waals surface area contributed by atoms with Crippen LogP contribution in [0.5, 0.6) is 0 Å². The number of fused-ring (bicyclic) bond motifs is 3. The number of hydrogen-bond acceptors (Lipinski definition) is 4. The molecule has 0 unspecified atom stereocenters. The van der Waals surface area contributed by atoms with Crippen molar-refractivity contribution in [3.05, 3.63) is 203 Å². The number of hydrogen-bond donors (Lipinski definition) is 0. The number of ketones is 2. The quantitative estimate of drug-likeness (QED) is 0.145. The lowest BCUT2D eigenvalue weighted by Crippen LogP contribution is -2.58. The van der Waals surface area contributed by atoms with Gasteiger partial charge in [0, 0.05) is 22.3 Å². The van der Waals surface area contributed by atoms with E-state index in [0.29, 0.717) is 33.8 Å². The molecule has 0 radical (unpaired) electrons. The molecule has 0 bridgehead atoms. The Morgan fingerprint density at radius 2 is 0.769 bits per heavy atom. The molecule has 2 aliphatic carbocycles. The maximum atomic E-state index is 15.1. The van der Waals surface area contributed by atoms with Crippen molar-refractivity contribution in [3.8, 4) is 0 Å². The molecular formula is C46H38O4Si2. The third-order valence-corrected chi connectivity index (χ3v) is 17.4. The molecule has 52 heavy (non-hydrogen) atoms. The fourth-order valence-electron chi connectivity index (χ4n) is 7.49. The molecule has 0 amide bonds. The Morgan fingerprint density at radius 1 is 0.423 bits per heavy atom. The molecule has 0 atom stereocenters. The Labute approximate surface area is 307 Å². The van der Waals surface area contributed by atoms with E-state index >= 15 is 4.79 Å². The van der Waals surface area contributed by atoms with E-state index in [1.54, 1.807) is 0 Å². The van der Waals surface area contributed by atoms with Crippen LogP contribution in [0, 0.1) is 0 Å². The van der Waals surface area contributed by atoms with Crippen LogP contribution in [-0.4, -0.2) is 28.2 Å². The molecule has 0 aliphatic heterocycles. The number of Topliss-reactive ketones (excluding diaryl/α,β-unsaturated/α-hetero) is 2. The Morgan fingerprint density at radius 3 is 1.17 bits per heavy atom. The van der Waals surface area contributed by atoms with Crippen molar-refractivity contribution >= 4 is 60.5 Å². The second kappa shape index (κ2) is 13.4. The third kappa shape index (κ3) is 5.52. The molecule has 0 fully saturated rings. The predicted octanol–water partition coefficient (Wildman–Crippen LogP) is 7.58. The van der Waals surface area contributed by atoms with E-state index in [2.05, 4.69) is 68.5 Å². The number of carbonyl (C=O) groups is 2. The molecule has 0 N–H and O–H groups in total. The van der Waals surface area contributed by atoms with Crippen molar-refractivity contribution in [3.63, 3.8) is 0 Å². The minimum atomic E-state index is -3.05. The second-order valence-electron chi connectivity index (χ2n) is 13.6. The van der Waals surface area contributed by atoms with Crippen LogP contribution in [0.15, 0.2) is 175 Å². The van der Waals surface area contributed by atoms with E-state index in [-0.39, 0.29) is 22.7 Å². The summed E-state index contributed by atoms with van der Waals surface area (Å²) in [6, 6.07) is 54.4. The van der Waals surface area contributed by atoms with Gasteiger partial charge in [-0.3, -0.25) is 9.59 Å². The number of carbonyl (C=O) groups excluding carboxylic acids is 2. The average Bonchev–Trinajstić information content (AvgIpc) is 3.21. The van der Waals surface area contributed by atoms with Crippen LogP contribution in [0.25, 0.3) is 11.5 Å². The van der Waals surface area contributed by atoms with E-state index in [1.807, 2.05) is 115 Å². The van der Waals surface area contributed by atoms with Crippen LogP contribution in [0.2, 0.25) is 13.1 Å². The van der Waals surface area contributed by atoms with E-state index in [1.165, 1.54) is 0 Å². The van der Waals surface area contributed by atoms with Gasteiger partial charge in [-0.05, 0) is 51.9 Å². The summed E-state index contributed by atoms with van der Waals surface area (Å²) in [6.07, 6.45) is 0.755. The summed E-state index contributed by atoms with van der Waals surface area (Å²) < 4.78 is 14.9. The minimum absolute atomic E-state index is 0.231. The molecule has 0 saturated carbocycles. The lowest BCUT2D eigenvalue weighted by molar-refractivity contribution is 0.0988. The molecule has 8 rings (SSSR count). The van der Waals surface area contributed by atoms with Crippen LogP contribution in [-0.2, 0) is 15.3 Å². The van der Waals surface area contributed by atoms with Gasteiger partial charge >= 0.3 is 16.6 Å². The standard InChI is InChI=1S/C46H38O4Si2/c1-4-32-29-30-39-40(31-32)44(48)42-41(46(39)50-52(3,35-23-13-7-14-24-35)36-25-15-8-16-26-36)43(47)37-27-17-18-28-38(37)45(42)49-51(2,33-19-9-5-10-20-33)34-21-11-6-12-22-34/h5-31H,4H2,1-3H3. The molecule has 6 heteroatoms. The van der Waals surface area contributed by atoms with E-state index < -0.39 is 16.6 Å². The highest BCUT2D eigenvalue weighted by Gasteiger charge is 2.47. The number of allylic oxidation sites excluding steroid dienone is 2. The molecule has 0 saturated heterocycles. The van der Waals surface area contributed by atoms with Gasteiger partial charge < -0.3 is 8.85 Å². The second-order valence-corrected chi connectivity index (χ2v) is 20.4. The van der Waals surface area contributed by atoms with E-state index in [9.17, 15) is 4.79 Å². The van der Waals surface area contributed by atoms with Gasteiger partial charge in [0.2, 0.25) is 0 Å². The van der Waals surface area contributed by atoms with Crippen molar-refractivity contribution in [2.24, 2.45) is 0 Å². The van der Waals surface area contributed by atoms with Crippen LogP contribution in [0.1, 0.15) is 44.3 Å².